The highest BCUT2D eigenvalue weighted by Gasteiger charge is 2.18. The van der Waals surface area contributed by atoms with Gasteiger partial charge in [-0.1, -0.05) is 25.5 Å². The number of tetrazole rings is 1. The number of aryl methyl sites for hydroxylation is 1. The van der Waals surface area contributed by atoms with Gasteiger partial charge in [-0.25, -0.2) is 4.68 Å². The van der Waals surface area contributed by atoms with Crippen LogP contribution in [0.1, 0.15) is 38.2 Å². The molecule has 0 amide bonds. The monoisotopic (exact) mass is 347 g/mol. The SMILES string of the molecule is CCCCc1ccc(-n2nnn(CN3CCC[C@H](O)C3)c2=S)cc1. The standard InChI is InChI=1S/C17H25N5OS/c1-2-3-5-14-7-9-15(10-8-14)22-17(24)21(18-19-22)13-20-11-4-6-16(23)12-20/h7-10,16,23H,2-6,11-13H2,1H3/t16-/m0/s1. The molecule has 2 aromatic rings. The highest BCUT2D eigenvalue weighted by atomic mass is 32.1. The van der Waals surface area contributed by atoms with Crippen molar-refractivity contribution in [3.63, 3.8) is 0 Å². The molecular formula is C17H25N5OS. The van der Waals surface area contributed by atoms with E-state index in [2.05, 4.69) is 34.4 Å². The van der Waals surface area contributed by atoms with Crippen molar-refractivity contribution >= 4 is 12.2 Å². The van der Waals surface area contributed by atoms with Gasteiger partial charge in [0.1, 0.15) is 0 Å². The smallest absolute Gasteiger partial charge is 0.221 e. The number of aliphatic hydroxyl groups is 1. The summed E-state index contributed by atoms with van der Waals surface area (Å²) in [6.07, 6.45) is 5.13. The molecule has 0 radical (unpaired) electrons. The first kappa shape index (κ1) is 17.3. The normalized spacial score (nSPS) is 18.8. The van der Waals surface area contributed by atoms with Crippen LogP contribution in [0.15, 0.2) is 24.3 Å². The number of piperidine rings is 1. The number of likely N-dealkylation sites (tertiary alicyclic amines) is 1. The van der Waals surface area contributed by atoms with Gasteiger partial charge in [0, 0.05) is 13.1 Å². The number of β-amino-alcohol motifs (C(OH)–C–C–N with tert-alkyl or cyclic N) is 1. The zero-order chi connectivity index (χ0) is 16.9. The molecule has 1 aliphatic heterocycles. The van der Waals surface area contributed by atoms with Crippen molar-refractivity contribution in [1.29, 1.82) is 0 Å². The van der Waals surface area contributed by atoms with Crippen LogP contribution in [-0.4, -0.2) is 49.0 Å². The minimum absolute atomic E-state index is 0.251. The third kappa shape index (κ3) is 4.09. The summed E-state index contributed by atoms with van der Waals surface area (Å²) in [5.41, 5.74) is 2.27. The zero-order valence-corrected chi connectivity index (χ0v) is 15.0. The van der Waals surface area contributed by atoms with Gasteiger partial charge >= 0.3 is 0 Å². The summed E-state index contributed by atoms with van der Waals surface area (Å²) in [7, 11) is 0. The fourth-order valence-corrected chi connectivity index (χ4v) is 3.29. The Morgan fingerprint density at radius 1 is 1.25 bits per heavy atom. The lowest BCUT2D eigenvalue weighted by atomic mass is 10.1. The first-order valence-electron chi connectivity index (χ1n) is 8.70. The van der Waals surface area contributed by atoms with Gasteiger partial charge in [0.05, 0.1) is 18.5 Å². The molecule has 1 aliphatic rings. The van der Waals surface area contributed by atoms with E-state index in [4.69, 9.17) is 12.2 Å². The fraction of sp³-hybridized carbons (Fsp3) is 0.588. The highest BCUT2D eigenvalue weighted by Crippen LogP contribution is 2.13. The van der Waals surface area contributed by atoms with Crippen LogP contribution < -0.4 is 0 Å². The second kappa shape index (κ2) is 8.00. The number of benzene rings is 1. The lowest BCUT2D eigenvalue weighted by Gasteiger charge is -2.29. The summed E-state index contributed by atoms with van der Waals surface area (Å²) in [6.45, 7) is 4.40. The number of hydrogen-bond donors (Lipinski definition) is 1. The summed E-state index contributed by atoms with van der Waals surface area (Å²) < 4.78 is 3.99. The zero-order valence-electron chi connectivity index (χ0n) is 14.1. The molecule has 7 heteroatoms. The molecule has 1 saturated heterocycles. The van der Waals surface area contributed by atoms with E-state index in [9.17, 15) is 5.11 Å². The molecule has 130 valence electrons. The Hall–Kier alpha value is -1.57. The van der Waals surface area contributed by atoms with Crippen LogP contribution in [0.25, 0.3) is 5.69 Å². The maximum Gasteiger partial charge on any atom is 0.221 e. The molecule has 24 heavy (non-hydrogen) atoms. The van der Waals surface area contributed by atoms with E-state index >= 15 is 0 Å². The van der Waals surface area contributed by atoms with Gasteiger partial charge in [0.2, 0.25) is 4.77 Å². The second-order valence-electron chi connectivity index (χ2n) is 6.46. The third-order valence-electron chi connectivity index (χ3n) is 4.45. The van der Waals surface area contributed by atoms with Gasteiger partial charge in [-0.05, 0) is 66.0 Å². The fourth-order valence-electron chi connectivity index (χ4n) is 3.06. The number of hydrogen-bond acceptors (Lipinski definition) is 5. The first-order chi connectivity index (χ1) is 11.7. The third-order valence-corrected chi connectivity index (χ3v) is 4.84. The van der Waals surface area contributed by atoms with E-state index in [-0.39, 0.29) is 6.10 Å². The van der Waals surface area contributed by atoms with Gasteiger partial charge in [0.15, 0.2) is 0 Å². The predicted octanol–water partition coefficient (Wildman–Crippen LogP) is 2.56. The van der Waals surface area contributed by atoms with Crippen LogP contribution in [0.3, 0.4) is 0 Å². The van der Waals surface area contributed by atoms with E-state index in [1.54, 1.807) is 9.36 Å². The van der Waals surface area contributed by atoms with Gasteiger partial charge < -0.3 is 5.11 Å². The van der Waals surface area contributed by atoms with Crippen LogP contribution in [0.4, 0.5) is 0 Å². The molecule has 0 aliphatic carbocycles. The molecule has 0 bridgehead atoms. The van der Waals surface area contributed by atoms with Crippen molar-refractivity contribution < 1.29 is 5.11 Å². The van der Waals surface area contributed by atoms with Crippen LogP contribution in [-0.2, 0) is 13.1 Å². The van der Waals surface area contributed by atoms with Crippen molar-refractivity contribution in [2.24, 2.45) is 0 Å². The molecule has 0 unspecified atom stereocenters. The molecule has 1 aromatic heterocycles. The Balaban J connectivity index is 1.71. The van der Waals surface area contributed by atoms with Gasteiger partial charge in [0.25, 0.3) is 0 Å². The Morgan fingerprint density at radius 3 is 2.75 bits per heavy atom. The van der Waals surface area contributed by atoms with Crippen LogP contribution in [0.5, 0.6) is 0 Å². The first-order valence-corrected chi connectivity index (χ1v) is 9.10. The van der Waals surface area contributed by atoms with Crippen molar-refractivity contribution in [3.8, 4) is 5.69 Å². The van der Waals surface area contributed by atoms with Crippen LogP contribution in [0, 0.1) is 4.77 Å². The van der Waals surface area contributed by atoms with Crippen molar-refractivity contribution in [1.82, 2.24) is 24.7 Å². The van der Waals surface area contributed by atoms with E-state index in [1.807, 2.05) is 12.1 Å². The minimum Gasteiger partial charge on any atom is -0.392 e. The van der Waals surface area contributed by atoms with Crippen molar-refractivity contribution in [2.45, 2.75) is 51.8 Å². The lowest BCUT2D eigenvalue weighted by Crippen LogP contribution is -2.39. The Morgan fingerprint density at radius 2 is 2.04 bits per heavy atom. The summed E-state index contributed by atoms with van der Waals surface area (Å²) in [5, 5.41) is 18.2. The summed E-state index contributed by atoms with van der Waals surface area (Å²) >= 11 is 5.52. The van der Waals surface area contributed by atoms with Gasteiger partial charge in [-0.2, -0.15) is 4.68 Å². The maximum atomic E-state index is 9.78. The molecule has 1 aromatic carbocycles. The number of aromatic nitrogens is 4. The van der Waals surface area contributed by atoms with Crippen molar-refractivity contribution in [2.75, 3.05) is 13.1 Å². The molecule has 6 nitrogen and oxygen atoms in total. The topological polar surface area (TPSA) is 59.1 Å². The minimum atomic E-state index is -0.251. The summed E-state index contributed by atoms with van der Waals surface area (Å²) in [5.74, 6) is 0. The van der Waals surface area contributed by atoms with Crippen molar-refractivity contribution in [3.05, 3.63) is 34.6 Å². The second-order valence-corrected chi connectivity index (χ2v) is 6.82. The van der Waals surface area contributed by atoms with Gasteiger partial charge in [-0.15, -0.1) is 0 Å². The number of aliphatic hydroxyl groups excluding tert-OH is 1. The Labute approximate surface area is 147 Å². The summed E-state index contributed by atoms with van der Waals surface area (Å²) in [6, 6.07) is 8.36. The molecule has 0 saturated carbocycles. The Kier molecular flexibility index (Phi) is 5.76. The van der Waals surface area contributed by atoms with Crippen LogP contribution in [0.2, 0.25) is 0 Å². The molecule has 3 rings (SSSR count). The van der Waals surface area contributed by atoms with Crippen LogP contribution >= 0.6 is 12.2 Å². The number of unbranched alkanes of at least 4 members (excludes halogenated alkanes) is 1. The summed E-state index contributed by atoms with van der Waals surface area (Å²) in [4.78, 5) is 2.16. The molecule has 1 N–H and O–H groups in total. The molecule has 1 fully saturated rings. The lowest BCUT2D eigenvalue weighted by molar-refractivity contribution is 0.0509. The number of rotatable bonds is 6. The molecule has 0 spiro atoms. The maximum absolute atomic E-state index is 9.78. The average Bonchev–Trinajstić information content (AvgIpc) is 2.94. The predicted molar refractivity (Wildman–Crippen MR) is 95.6 cm³/mol. The molecule has 2 heterocycles. The molecule has 1 atom stereocenters. The average molecular weight is 347 g/mol. The van der Waals surface area contributed by atoms with E-state index in [1.165, 1.54) is 18.4 Å². The van der Waals surface area contributed by atoms with E-state index in [0.717, 1.165) is 31.5 Å². The molecular weight excluding hydrogens is 322 g/mol. The Bertz CT molecular complexity index is 709. The van der Waals surface area contributed by atoms with E-state index in [0.29, 0.717) is 18.0 Å². The quantitative estimate of drug-likeness (QED) is 0.814. The highest BCUT2D eigenvalue weighted by molar-refractivity contribution is 7.71. The number of nitrogens with zero attached hydrogens (tertiary/aromatic N) is 5. The van der Waals surface area contributed by atoms with E-state index < -0.39 is 0 Å². The van der Waals surface area contributed by atoms with Gasteiger partial charge in [-0.3, -0.25) is 4.90 Å². The largest absolute Gasteiger partial charge is 0.392 e.